The Kier molecular flexibility index (Phi) is 4.62. The zero-order valence-corrected chi connectivity index (χ0v) is 9.95. The quantitative estimate of drug-likeness (QED) is 0.796. The van der Waals surface area contributed by atoms with Crippen LogP contribution in [0.15, 0.2) is 0 Å². The van der Waals surface area contributed by atoms with E-state index in [1.807, 2.05) is 0 Å². The summed E-state index contributed by atoms with van der Waals surface area (Å²) in [6.07, 6.45) is 8.05. The fourth-order valence-electron chi connectivity index (χ4n) is 2.86. The van der Waals surface area contributed by atoms with E-state index in [4.69, 9.17) is 10.00 Å². The fraction of sp³-hybridized carbons (Fsp3) is 0.923. The second kappa shape index (κ2) is 6.22. The summed E-state index contributed by atoms with van der Waals surface area (Å²) in [6, 6.07) is 3.66. The highest BCUT2D eigenvalue weighted by atomic mass is 16.5. The number of nitrogens with zero attached hydrogens (tertiary/aromatic N) is 1. The smallest absolute Gasteiger partial charge is 0.0624 e. The summed E-state index contributed by atoms with van der Waals surface area (Å²) in [5.74, 6) is 0.665. The van der Waals surface area contributed by atoms with Crippen LogP contribution < -0.4 is 5.32 Å². The minimum atomic E-state index is 0.665. The van der Waals surface area contributed by atoms with Gasteiger partial charge in [0.05, 0.1) is 6.07 Å². The van der Waals surface area contributed by atoms with Crippen LogP contribution in [0.1, 0.15) is 44.9 Å². The third kappa shape index (κ3) is 3.47. The summed E-state index contributed by atoms with van der Waals surface area (Å²) in [5, 5.41) is 12.4. The van der Waals surface area contributed by atoms with Gasteiger partial charge in [0.2, 0.25) is 0 Å². The van der Waals surface area contributed by atoms with Gasteiger partial charge in [0.25, 0.3) is 0 Å². The Hall–Kier alpha value is -0.590. The zero-order chi connectivity index (χ0) is 11.2. The zero-order valence-electron chi connectivity index (χ0n) is 9.95. The van der Waals surface area contributed by atoms with Crippen molar-refractivity contribution in [3.63, 3.8) is 0 Å². The van der Waals surface area contributed by atoms with E-state index in [2.05, 4.69) is 11.4 Å². The molecule has 1 aliphatic heterocycles. The van der Waals surface area contributed by atoms with E-state index in [1.165, 1.54) is 25.7 Å². The maximum absolute atomic E-state index is 8.67. The van der Waals surface area contributed by atoms with Gasteiger partial charge in [-0.25, -0.2) is 0 Å². The third-order valence-electron chi connectivity index (χ3n) is 3.92. The van der Waals surface area contributed by atoms with Crippen LogP contribution in [0.2, 0.25) is 0 Å². The molecule has 1 saturated carbocycles. The lowest BCUT2D eigenvalue weighted by Gasteiger charge is -2.33. The first-order chi connectivity index (χ1) is 7.88. The molecule has 2 fully saturated rings. The van der Waals surface area contributed by atoms with Gasteiger partial charge in [-0.05, 0) is 44.4 Å². The van der Waals surface area contributed by atoms with Crippen molar-refractivity contribution in [3.05, 3.63) is 0 Å². The van der Waals surface area contributed by atoms with Crippen molar-refractivity contribution in [2.24, 2.45) is 5.92 Å². The van der Waals surface area contributed by atoms with Gasteiger partial charge < -0.3 is 10.1 Å². The largest absolute Gasteiger partial charge is 0.381 e. The Morgan fingerprint density at radius 3 is 2.25 bits per heavy atom. The maximum Gasteiger partial charge on any atom is 0.0624 e. The van der Waals surface area contributed by atoms with E-state index >= 15 is 0 Å². The summed E-state index contributed by atoms with van der Waals surface area (Å²) < 4.78 is 5.36. The number of nitrogens with one attached hydrogen (secondary N) is 1. The van der Waals surface area contributed by atoms with Crippen LogP contribution >= 0.6 is 0 Å². The van der Waals surface area contributed by atoms with Gasteiger partial charge >= 0.3 is 0 Å². The molecule has 3 nitrogen and oxygen atoms in total. The lowest BCUT2D eigenvalue weighted by atomic mass is 9.84. The highest BCUT2D eigenvalue weighted by molar-refractivity contribution is 4.85. The van der Waals surface area contributed by atoms with Crippen molar-refractivity contribution < 1.29 is 4.74 Å². The summed E-state index contributed by atoms with van der Waals surface area (Å²) in [4.78, 5) is 0. The molecule has 0 aromatic heterocycles. The van der Waals surface area contributed by atoms with Crippen molar-refractivity contribution in [2.45, 2.75) is 57.0 Å². The van der Waals surface area contributed by atoms with E-state index in [1.54, 1.807) is 0 Å². The number of nitriles is 1. The van der Waals surface area contributed by atoms with Gasteiger partial charge in [-0.1, -0.05) is 0 Å². The SMILES string of the molecule is N#CC[C@H]1CC[C@@H](NC2CCOCC2)CC1. The number of hydrogen-bond donors (Lipinski definition) is 1. The molecule has 3 heteroatoms. The van der Waals surface area contributed by atoms with Crippen molar-refractivity contribution in [3.8, 4) is 6.07 Å². The molecule has 0 unspecified atom stereocenters. The summed E-state index contributed by atoms with van der Waals surface area (Å²) in [7, 11) is 0. The first-order valence-corrected chi connectivity index (χ1v) is 6.59. The molecule has 1 aliphatic carbocycles. The van der Waals surface area contributed by atoms with Crippen LogP contribution in [0.4, 0.5) is 0 Å². The molecule has 1 heterocycles. The highest BCUT2D eigenvalue weighted by Crippen LogP contribution is 2.27. The highest BCUT2D eigenvalue weighted by Gasteiger charge is 2.23. The van der Waals surface area contributed by atoms with Crippen LogP contribution in [0.5, 0.6) is 0 Å². The normalized spacial score (nSPS) is 32.2. The summed E-state index contributed by atoms with van der Waals surface area (Å²) in [5.41, 5.74) is 0. The molecule has 0 aromatic rings. The molecule has 0 aromatic carbocycles. The summed E-state index contributed by atoms with van der Waals surface area (Å²) in [6.45, 7) is 1.84. The van der Waals surface area contributed by atoms with Crippen LogP contribution in [0.3, 0.4) is 0 Å². The van der Waals surface area contributed by atoms with Gasteiger partial charge in [0.1, 0.15) is 0 Å². The first kappa shape index (κ1) is 11.9. The minimum Gasteiger partial charge on any atom is -0.381 e. The van der Waals surface area contributed by atoms with E-state index in [9.17, 15) is 0 Å². The monoisotopic (exact) mass is 222 g/mol. The number of ether oxygens (including phenoxy) is 1. The maximum atomic E-state index is 8.67. The van der Waals surface area contributed by atoms with Crippen LogP contribution in [-0.4, -0.2) is 25.3 Å². The van der Waals surface area contributed by atoms with E-state index in [0.29, 0.717) is 18.0 Å². The van der Waals surface area contributed by atoms with Crippen LogP contribution in [0, 0.1) is 17.2 Å². The van der Waals surface area contributed by atoms with Crippen molar-refractivity contribution in [2.75, 3.05) is 13.2 Å². The molecule has 0 atom stereocenters. The molecule has 2 aliphatic rings. The summed E-state index contributed by atoms with van der Waals surface area (Å²) >= 11 is 0. The van der Waals surface area contributed by atoms with E-state index < -0.39 is 0 Å². The second-order valence-electron chi connectivity index (χ2n) is 5.13. The predicted molar refractivity (Wildman–Crippen MR) is 63.0 cm³/mol. The molecule has 1 saturated heterocycles. The molecule has 90 valence electrons. The fourth-order valence-corrected chi connectivity index (χ4v) is 2.86. The molecule has 1 N–H and O–H groups in total. The van der Waals surface area contributed by atoms with Crippen molar-refractivity contribution in [1.82, 2.24) is 5.32 Å². The Bertz CT molecular complexity index is 235. The standard InChI is InChI=1S/C13H22N2O/c14-8-5-11-1-3-12(4-2-11)15-13-6-9-16-10-7-13/h11-13,15H,1-7,9-10H2/t11-,12+. The molecule has 0 radical (unpaired) electrons. The minimum absolute atomic E-state index is 0.665. The predicted octanol–water partition coefficient (Wildman–Crippen LogP) is 2.23. The van der Waals surface area contributed by atoms with E-state index in [-0.39, 0.29) is 0 Å². The lowest BCUT2D eigenvalue weighted by molar-refractivity contribution is 0.0723. The molecular formula is C13H22N2O. The Morgan fingerprint density at radius 2 is 1.62 bits per heavy atom. The average Bonchev–Trinajstić information content (AvgIpc) is 2.33. The first-order valence-electron chi connectivity index (χ1n) is 6.59. The number of rotatable bonds is 3. The van der Waals surface area contributed by atoms with Crippen LogP contribution in [0.25, 0.3) is 0 Å². The van der Waals surface area contributed by atoms with Crippen molar-refractivity contribution >= 4 is 0 Å². The molecule has 2 rings (SSSR count). The molecule has 0 amide bonds. The van der Waals surface area contributed by atoms with Crippen molar-refractivity contribution in [1.29, 1.82) is 5.26 Å². The molecule has 0 bridgehead atoms. The average molecular weight is 222 g/mol. The van der Waals surface area contributed by atoms with Gasteiger partial charge in [-0.15, -0.1) is 0 Å². The second-order valence-corrected chi connectivity index (χ2v) is 5.13. The van der Waals surface area contributed by atoms with E-state index in [0.717, 1.165) is 32.5 Å². The number of hydrogen-bond acceptors (Lipinski definition) is 3. The Labute approximate surface area is 98.2 Å². The van der Waals surface area contributed by atoms with Gasteiger partial charge in [0, 0.05) is 31.7 Å². The molecular weight excluding hydrogens is 200 g/mol. The Balaban J connectivity index is 1.66. The molecule has 16 heavy (non-hydrogen) atoms. The van der Waals surface area contributed by atoms with Crippen LogP contribution in [-0.2, 0) is 4.74 Å². The van der Waals surface area contributed by atoms with Gasteiger partial charge in [0.15, 0.2) is 0 Å². The Morgan fingerprint density at radius 1 is 1.00 bits per heavy atom. The third-order valence-corrected chi connectivity index (χ3v) is 3.92. The molecule has 0 spiro atoms. The van der Waals surface area contributed by atoms with Gasteiger partial charge in [-0.2, -0.15) is 5.26 Å². The topological polar surface area (TPSA) is 45.0 Å². The van der Waals surface area contributed by atoms with Gasteiger partial charge in [-0.3, -0.25) is 0 Å². The lowest BCUT2D eigenvalue weighted by Crippen LogP contribution is -2.43.